The lowest BCUT2D eigenvalue weighted by molar-refractivity contribution is 0.0947. The van der Waals surface area contributed by atoms with Crippen molar-refractivity contribution >= 4 is 27.5 Å². The zero-order valence-corrected chi connectivity index (χ0v) is 18.6. The van der Waals surface area contributed by atoms with Crippen LogP contribution in [0.3, 0.4) is 0 Å². The van der Waals surface area contributed by atoms with Crippen molar-refractivity contribution in [3.63, 3.8) is 0 Å². The summed E-state index contributed by atoms with van der Waals surface area (Å²) in [4.78, 5) is 21.4. The van der Waals surface area contributed by atoms with Gasteiger partial charge in [-0.25, -0.2) is 4.98 Å². The zero-order chi connectivity index (χ0) is 21.3. The maximum Gasteiger partial charge on any atom is 0.261 e. The fourth-order valence-corrected chi connectivity index (χ4v) is 5.63. The van der Waals surface area contributed by atoms with Crippen molar-refractivity contribution < 1.29 is 9.90 Å². The number of likely N-dealkylation sites (tertiary alicyclic amines) is 1. The van der Waals surface area contributed by atoms with E-state index in [0.717, 1.165) is 59.0 Å². The van der Waals surface area contributed by atoms with Crippen LogP contribution in [-0.4, -0.2) is 56.9 Å². The fourth-order valence-electron chi connectivity index (χ4n) is 4.48. The Morgan fingerprint density at radius 3 is 2.97 bits per heavy atom. The van der Waals surface area contributed by atoms with Crippen LogP contribution < -0.4 is 5.32 Å². The molecular formula is C22H29N5O2S. The standard InChI is InChI=1S/C22H29N5O2S/c1-4-27-15(3)18(14(2)25-27)13-26-10-7-16(12-26)19-17-6-5-8-24-22(17)30-20(19)21(29)23-9-11-28/h5-6,8,16,28H,4,7,9-13H2,1-3H3,(H,23,29)/t16-/m0/s1. The van der Waals surface area contributed by atoms with E-state index in [1.54, 1.807) is 6.20 Å². The highest BCUT2D eigenvalue weighted by molar-refractivity contribution is 7.20. The Kier molecular flexibility index (Phi) is 6.17. The number of pyridine rings is 1. The second-order valence-corrected chi connectivity index (χ2v) is 8.87. The molecule has 0 radical (unpaired) electrons. The number of nitrogens with one attached hydrogen (secondary N) is 1. The average Bonchev–Trinajstić information content (AvgIpc) is 3.43. The van der Waals surface area contributed by atoms with Gasteiger partial charge in [0.1, 0.15) is 4.83 Å². The molecule has 0 saturated carbocycles. The molecule has 1 saturated heterocycles. The quantitative estimate of drug-likeness (QED) is 0.606. The van der Waals surface area contributed by atoms with Gasteiger partial charge in [0.05, 0.1) is 17.2 Å². The van der Waals surface area contributed by atoms with Crippen molar-refractivity contribution in [3.8, 4) is 0 Å². The van der Waals surface area contributed by atoms with Gasteiger partial charge in [-0.05, 0) is 45.4 Å². The van der Waals surface area contributed by atoms with Crippen LogP contribution >= 0.6 is 11.3 Å². The molecule has 2 N–H and O–H groups in total. The second kappa shape index (κ2) is 8.83. The number of hydrogen-bond acceptors (Lipinski definition) is 6. The molecule has 0 aromatic carbocycles. The topological polar surface area (TPSA) is 83.3 Å². The summed E-state index contributed by atoms with van der Waals surface area (Å²) < 4.78 is 2.07. The minimum absolute atomic E-state index is 0.0639. The first-order valence-corrected chi connectivity index (χ1v) is 11.4. The number of carbonyl (C=O) groups excluding carboxylic acids is 1. The lowest BCUT2D eigenvalue weighted by Crippen LogP contribution is -2.27. The summed E-state index contributed by atoms with van der Waals surface area (Å²) in [6.07, 6.45) is 2.79. The molecule has 0 aliphatic carbocycles. The molecule has 4 rings (SSSR count). The molecule has 1 amide bonds. The van der Waals surface area contributed by atoms with E-state index < -0.39 is 0 Å². The molecule has 3 aromatic heterocycles. The number of aliphatic hydroxyl groups is 1. The zero-order valence-electron chi connectivity index (χ0n) is 17.8. The average molecular weight is 428 g/mol. The molecular weight excluding hydrogens is 398 g/mol. The first-order valence-electron chi connectivity index (χ1n) is 10.5. The molecule has 1 aliphatic heterocycles. The third-order valence-electron chi connectivity index (χ3n) is 6.00. The predicted octanol–water partition coefficient (Wildman–Crippen LogP) is 2.84. The summed E-state index contributed by atoms with van der Waals surface area (Å²) in [5.41, 5.74) is 4.77. The Labute approximate surface area is 180 Å². The van der Waals surface area contributed by atoms with Gasteiger partial charge >= 0.3 is 0 Å². The second-order valence-electron chi connectivity index (χ2n) is 7.87. The minimum atomic E-state index is -0.114. The summed E-state index contributed by atoms with van der Waals surface area (Å²) in [7, 11) is 0. The van der Waals surface area contributed by atoms with Gasteiger partial charge in [0.2, 0.25) is 0 Å². The van der Waals surface area contributed by atoms with Crippen LogP contribution in [0.2, 0.25) is 0 Å². The maximum absolute atomic E-state index is 12.8. The lowest BCUT2D eigenvalue weighted by Gasteiger charge is -2.17. The van der Waals surface area contributed by atoms with Gasteiger partial charge in [-0.2, -0.15) is 5.10 Å². The number of rotatable bonds is 7. The number of fused-ring (bicyclic) bond motifs is 1. The Balaban J connectivity index is 1.59. The molecule has 0 bridgehead atoms. The molecule has 8 heteroatoms. The Bertz CT molecular complexity index is 1060. The van der Waals surface area contributed by atoms with Crippen LogP contribution in [0.15, 0.2) is 18.3 Å². The number of nitrogens with zero attached hydrogens (tertiary/aromatic N) is 4. The molecule has 4 heterocycles. The molecule has 160 valence electrons. The fraction of sp³-hybridized carbons (Fsp3) is 0.500. The van der Waals surface area contributed by atoms with Gasteiger partial charge in [-0.3, -0.25) is 14.4 Å². The molecule has 7 nitrogen and oxygen atoms in total. The van der Waals surface area contributed by atoms with Crippen molar-refractivity contribution in [1.82, 2.24) is 25.0 Å². The predicted molar refractivity (Wildman–Crippen MR) is 119 cm³/mol. The molecule has 1 fully saturated rings. The minimum Gasteiger partial charge on any atom is -0.395 e. The van der Waals surface area contributed by atoms with Gasteiger partial charge in [0, 0.05) is 54.9 Å². The largest absolute Gasteiger partial charge is 0.395 e. The van der Waals surface area contributed by atoms with Gasteiger partial charge < -0.3 is 10.4 Å². The number of amides is 1. The highest BCUT2D eigenvalue weighted by atomic mass is 32.1. The normalized spacial score (nSPS) is 17.1. The van der Waals surface area contributed by atoms with Crippen LogP contribution in [0.4, 0.5) is 0 Å². The molecule has 1 aliphatic rings. The van der Waals surface area contributed by atoms with Crippen LogP contribution in [0.1, 0.15) is 51.4 Å². The van der Waals surface area contributed by atoms with Crippen molar-refractivity contribution in [2.45, 2.75) is 46.2 Å². The third-order valence-corrected chi connectivity index (χ3v) is 7.13. The highest BCUT2D eigenvalue weighted by Crippen LogP contribution is 2.39. The van der Waals surface area contributed by atoms with Crippen molar-refractivity contribution in [2.24, 2.45) is 0 Å². The van der Waals surface area contributed by atoms with Crippen LogP contribution in [0.5, 0.6) is 0 Å². The van der Waals surface area contributed by atoms with Crippen LogP contribution in [0.25, 0.3) is 10.2 Å². The first-order chi connectivity index (χ1) is 14.5. The van der Waals surface area contributed by atoms with E-state index in [9.17, 15) is 4.79 Å². The van der Waals surface area contributed by atoms with E-state index in [0.29, 0.717) is 5.92 Å². The maximum atomic E-state index is 12.8. The van der Waals surface area contributed by atoms with Gasteiger partial charge in [-0.15, -0.1) is 11.3 Å². The number of hydrogen-bond donors (Lipinski definition) is 2. The van der Waals surface area contributed by atoms with E-state index in [1.165, 1.54) is 22.6 Å². The Morgan fingerprint density at radius 2 is 2.23 bits per heavy atom. The highest BCUT2D eigenvalue weighted by Gasteiger charge is 2.31. The Morgan fingerprint density at radius 1 is 1.40 bits per heavy atom. The summed E-state index contributed by atoms with van der Waals surface area (Å²) in [5.74, 6) is 0.177. The molecule has 0 spiro atoms. The van der Waals surface area contributed by atoms with Crippen LogP contribution in [0, 0.1) is 13.8 Å². The number of carbonyl (C=O) groups is 1. The van der Waals surface area contributed by atoms with E-state index in [1.807, 2.05) is 6.07 Å². The molecule has 0 unspecified atom stereocenters. The van der Waals surface area contributed by atoms with Crippen molar-refractivity contribution in [1.29, 1.82) is 0 Å². The molecule has 3 aromatic rings. The monoisotopic (exact) mass is 427 g/mol. The third kappa shape index (κ3) is 3.87. The van der Waals surface area contributed by atoms with Gasteiger partial charge in [0.25, 0.3) is 5.91 Å². The van der Waals surface area contributed by atoms with Gasteiger partial charge in [-0.1, -0.05) is 6.07 Å². The summed E-state index contributed by atoms with van der Waals surface area (Å²) >= 11 is 1.45. The van der Waals surface area contributed by atoms with E-state index in [-0.39, 0.29) is 19.1 Å². The Hall–Kier alpha value is -2.29. The summed E-state index contributed by atoms with van der Waals surface area (Å²) in [5, 5.41) is 17.6. The van der Waals surface area contributed by atoms with Crippen molar-refractivity contribution in [2.75, 3.05) is 26.2 Å². The van der Waals surface area contributed by atoms with Crippen molar-refractivity contribution in [3.05, 3.63) is 45.7 Å². The number of thiophene rings is 1. The molecule has 30 heavy (non-hydrogen) atoms. The van der Waals surface area contributed by atoms with E-state index in [4.69, 9.17) is 5.11 Å². The van der Waals surface area contributed by atoms with E-state index in [2.05, 4.69) is 51.8 Å². The number of aliphatic hydroxyl groups excluding tert-OH is 1. The smallest absolute Gasteiger partial charge is 0.261 e. The summed E-state index contributed by atoms with van der Waals surface area (Å²) in [6, 6.07) is 4.01. The number of aromatic nitrogens is 3. The van der Waals surface area contributed by atoms with Crippen LogP contribution in [-0.2, 0) is 13.1 Å². The van der Waals surface area contributed by atoms with Gasteiger partial charge in [0.15, 0.2) is 0 Å². The number of aryl methyl sites for hydroxylation is 2. The summed E-state index contributed by atoms with van der Waals surface area (Å²) in [6.45, 7) is 10.2. The lowest BCUT2D eigenvalue weighted by atomic mass is 9.95. The molecule has 1 atom stereocenters. The first kappa shape index (κ1) is 21.0. The van der Waals surface area contributed by atoms with E-state index >= 15 is 0 Å². The SMILES string of the molecule is CCn1nc(C)c(CN2CC[C@H](c3c(C(=O)NCCO)sc4ncccc34)C2)c1C.